The molecule has 1 aliphatic rings. The molecule has 70 heavy (non-hydrogen) atoms. The van der Waals surface area contributed by atoms with Crippen molar-refractivity contribution in [2.24, 2.45) is 5.92 Å². The maximum absolute atomic E-state index is 13.1. The lowest BCUT2D eigenvalue weighted by Crippen LogP contribution is -2.54. The first-order chi connectivity index (χ1) is 33.0. The minimum absolute atomic E-state index is 0.108. The van der Waals surface area contributed by atoms with Gasteiger partial charge in [-0.05, 0) is 19.3 Å². The average Bonchev–Trinajstić information content (AvgIpc) is 3.28. The molecule has 1 saturated heterocycles. The molecule has 398 valence electrons. The molecule has 28 nitrogen and oxygen atoms in total. The number of nitrogens with one attached hydrogen (secondary N) is 8. The summed E-state index contributed by atoms with van der Waals surface area (Å²) in [4.78, 5) is 141. The number of aliphatic carboxylic acids is 3. The molecule has 0 aliphatic carbocycles. The number of hydrogen-bond acceptors (Lipinski definition) is 18. The monoisotopic (exact) mass is 1000 g/mol. The highest BCUT2D eigenvalue weighted by Crippen LogP contribution is 2.09. The summed E-state index contributed by atoms with van der Waals surface area (Å²) in [7, 11) is 0. The fourth-order valence-electron chi connectivity index (χ4n) is 6.80. The molecule has 1 aliphatic heterocycles. The second-order valence-corrected chi connectivity index (χ2v) is 17.2. The van der Waals surface area contributed by atoms with Gasteiger partial charge in [0.25, 0.3) is 0 Å². The topological polar surface area (TPSA) is 398 Å². The van der Waals surface area contributed by atoms with Crippen LogP contribution in [-0.4, -0.2) is 259 Å². The fourth-order valence-corrected chi connectivity index (χ4v) is 6.80. The normalized spacial score (nSPS) is 15.8. The zero-order valence-electron chi connectivity index (χ0n) is 40.5. The minimum atomic E-state index is -1.54. The first-order valence-electron chi connectivity index (χ1n) is 23.0. The van der Waals surface area contributed by atoms with Crippen LogP contribution in [0.25, 0.3) is 0 Å². The van der Waals surface area contributed by atoms with E-state index in [0.717, 1.165) is 0 Å². The molecule has 13 N–H and O–H groups in total. The Kier molecular flexibility index (Phi) is 30.5. The molecule has 0 radical (unpaired) electrons. The number of carboxylic acids is 3. The summed E-state index contributed by atoms with van der Waals surface area (Å²) in [5.74, 6) is -9.11. The molecule has 1 rings (SSSR count). The Balaban J connectivity index is 2.57. The van der Waals surface area contributed by atoms with Gasteiger partial charge >= 0.3 is 17.9 Å². The van der Waals surface area contributed by atoms with E-state index in [2.05, 4.69) is 42.5 Å². The summed E-state index contributed by atoms with van der Waals surface area (Å²) in [5.41, 5.74) is 0. The molecule has 0 bridgehead atoms. The Hall–Kier alpha value is -5.91. The Morgan fingerprint density at radius 1 is 0.443 bits per heavy atom. The van der Waals surface area contributed by atoms with Crippen molar-refractivity contribution >= 4 is 65.0 Å². The number of amides is 7. The molecule has 0 aromatic carbocycles. The zero-order valence-corrected chi connectivity index (χ0v) is 40.5. The number of aliphatic hydroxyl groups is 2. The van der Waals surface area contributed by atoms with Crippen LogP contribution in [0.5, 0.6) is 0 Å². The van der Waals surface area contributed by atoms with Crippen LogP contribution < -0.4 is 42.5 Å². The van der Waals surface area contributed by atoms with Crippen molar-refractivity contribution in [3.05, 3.63) is 0 Å². The largest absolute Gasteiger partial charge is 0.480 e. The molecule has 28 heteroatoms. The van der Waals surface area contributed by atoms with Crippen molar-refractivity contribution in [1.29, 1.82) is 0 Å². The van der Waals surface area contributed by atoms with E-state index in [-0.39, 0.29) is 109 Å². The lowest BCUT2D eigenvalue weighted by molar-refractivity contribution is -0.140. The average molecular weight is 1000 g/mol. The van der Waals surface area contributed by atoms with E-state index in [4.69, 9.17) is 0 Å². The first kappa shape index (κ1) is 62.1. The number of nitrogens with zero attached hydrogens (tertiary/aromatic N) is 4. The molecule has 0 unspecified atom stereocenters. The maximum Gasteiger partial charge on any atom is 0.317 e. The highest BCUT2D eigenvalue weighted by Gasteiger charge is 2.26. The van der Waals surface area contributed by atoms with Crippen molar-refractivity contribution in [3.8, 4) is 0 Å². The second kappa shape index (κ2) is 34.4. The summed E-state index contributed by atoms with van der Waals surface area (Å²) in [6.07, 6.45) is 1.89. The number of unbranched alkanes of at least 4 members (excludes halogenated alkanes) is 1. The zero-order chi connectivity index (χ0) is 52.8. The van der Waals surface area contributed by atoms with Crippen LogP contribution in [0.2, 0.25) is 0 Å². The van der Waals surface area contributed by atoms with Crippen LogP contribution in [0.1, 0.15) is 47.0 Å². The van der Waals surface area contributed by atoms with Crippen LogP contribution >= 0.6 is 0 Å². The van der Waals surface area contributed by atoms with E-state index in [1.165, 1.54) is 0 Å². The molecular weight excluding hydrogens is 929 g/mol. The third kappa shape index (κ3) is 28.6. The number of carbonyl (C=O) groups is 11. The van der Waals surface area contributed by atoms with Gasteiger partial charge in [0.05, 0.1) is 71.6 Å². The number of ketones is 1. The molecule has 0 saturated carbocycles. The third-order valence-electron chi connectivity index (χ3n) is 10.5. The van der Waals surface area contributed by atoms with E-state index in [1.54, 1.807) is 19.6 Å². The van der Waals surface area contributed by atoms with Gasteiger partial charge in [-0.15, -0.1) is 0 Å². The number of rotatable bonds is 31. The maximum atomic E-state index is 13.1. The molecule has 0 aromatic heterocycles. The lowest BCUT2D eigenvalue weighted by atomic mass is 9.96. The predicted octanol–water partition coefficient (Wildman–Crippen LogP) is -7.24. The molecule has 7 amide bonds. The van der Waals surface area contributed by atoms with Gasteiger partial charge < -0.3 is 68.1 Å². The van der Waals surface area contributed by atoms with Gasteiger partial charge in [-0.3, -0.25) is 72.3 Å². The second-order valence-electron chi connectivity index (χ2n) is 17.2. The summed E-state index contributed by atoms with van der Waals surface area (Å²) in [6, 6.07) is -3.23. The summed E-state index contributed by atoms with van der Waals surface area (Å²) >= 11 is 0. The van der Waals surface area contributed by atoms with E-state index < -0.39 is 104 Å². The minimum Gasteiger partial charge on any atom is -0.480 e. The van der Waals surface area contributed by atoms with E-state index >= 15 is 0 Å². The number of carbonyl (C=O) groups excluding carboxylic acids is 8. The molecule has 1 heterocycles. The number of aliphatic hydroxyl groups excluding tert-OH is 2. The van der Waals surface area contributed by atoms with Crippen LogP contribution in [-0.2, 0) is 52.7 Å². The highest BCUT2D eigenvalue weighted by molar-refractivity contribution is 5.94. The third-order valence-corrected chi connectivity index (χ3v) is 10.5. The Labute approximate surface area is 406 Å². The van der Waals surface area contributed by atoms with E-state index in [1.807, 2.05) is 27.7 Å². The standard InChI is InChI=1S/C42H74N12O16/c1-27(2)40(68)29(48-28(3)4)7-5-6-8-43-32(57)17-44-33(58)18-46-41(69)30(25-55)49-35(60)20-45-34(59)19-47-42(70)31(26-56)50-36(61)21-51-9-11-52(22-37(62)63)13-15-54(24-39(66)67)16-14-53(12-10-51)23-38(64)65/h27-31,48,55-56H,5-26H2,1-4H3,(H,43,57)(H,44,58)(H,45,59)(H,46,69)(H,47,70)(H,49,60)(H,50,61)(H,62,63)(H,64,65)(H,66,67)/t29-,30+,31+/m1/s1. The van der Waals surface area contributed by atoms with E-state index in [0.29, 0.717) is 25.8 Å². The van der Waals surface area contributed by atoms with Crippen molar-refractivity contribution < 1.29 is 78.3 Å². The lowest BCUT2D eigenvalue weighted by Gasteiger charge is -2.33. The summed E-state index contributed by atoms with van der Waals surface area (Å²) < 4.78 is 0. The summed E-state index contributed by atoms with van der Waals surface area (Å²) in [6.45, 7) is 3.34. The molecular formula is C42H74N12O16. The van der Waals surface area contributed by atoms with Gasteiger partial charge in [0.2, 0.25) is 41.4 Å². The molecule has 3 atom stereocenters. The number of Topliss-reactive ketones (excluding diaryl/α,β-unsaturated/α-hetero) is 1. The van der Waals surface area contributed by atoms with Crippen molar-refractivity contribution in [3.63, 3.8) is 0 Å². The van der Waals surface area contributed by atoms with Crippen LogP contribution in [0, 0.1) is 5.92 Å². The van der Waals surface area contributed by atoms with Crippen molar-refractivity contribution in [2.45, 2.75) is 71.1 Å². The van der Waals surface area contributed by atoms with Crippen molar-refractivity contribution in [2.75, 3.05) is 124 Å². The predicted molar refractivity (Wildman–Crippen MR) is 248 cm³/mol. The van der Waals surface area contributed by atoms with Crippen molar-refractivity contribution in [1.82, 2.24) is 62.1 Å². The van der Waals surface area contributed by atoms with Gasteiger partial charge in [0.1, 0.15) is 12.1 Å². The van der Waals surface area contributed by atoms with Gasteiger partial charge in [-0.2, -0.15) is 0 Å². The van der Waals surface area contributed by atoms with Gasteiger partial charge in [-0.25, -0.2) is 0 Å². The highest BCUT2D eigenvalue weighted by atomic mass is 16.4. The summed E-state index contributed by atoms with van der Waals surface area (Å²) in [5, 5.41) is 67.1. The molecule has 1 fully saturated rings. The van der Waals surface area contributed by atoms with Gasteiger partial charge in [0, 0.05) is 70.9 Å². The Morgan fingerprint density at radius 3 is 1.17 bits per heavy atom. The number of hydrogen-bond donors (Lipinski definition) is 13. The van der Waals surface area contributed by atoms with Crippen LogP contribution in [0.15, 0.2) is 0 Å². The fraction of sp³-hybridized carbons (Fsp3) is 0.738. The number of carboxylic acid groups (broad SMARTS) is 3. The first-order valence-corrected chi connectivity index (χ1v) is 23.0. The van der Waals surface area contributed by atoms with Gasteiger partial charge in [-0.1, -0.05) is 27.7 Å². The quantitative estimate of drug-likeness (QED) is 0.0287. The molecule has 0 aromatic rings. The van der Waals surface area contributed by atoms with Crippen LogP contribution in [0.3, 0.4) is 0 Å². The van der Waals surface area contributed by atoms with Gasteiger partial charge in [0.15, 0.2) is 5.78 Å². The SMILES string of the molecule is CC(C)N[C@H](CCCCNC(=O)CNC(=O)CNC(=O)[C@H](CO)NC(=O)CNC(=O)CNC(=O)[C@H](CO)NC(=O)CN1CCN(CC(=O)O)CCN(CC(=O)O)CCN(CC(=O)O)CC1)C(=O)C(C)C. The molecule has 0 spiro atoms. The van der Waals surface area contributed by atoms with E-state index in [9.17, 15) is 78.3 Å². The Bertz CT molecular complexity index is 1720. The smallest absolute Gasteiger partial charge is 0.317 e. The van der Waals surface area contributed by atoms with Crippen LogP contribution in [0.4, 0.5) is 0 Å². The Morgan fingerprint density at radius 2 is 0.800 bits per heavy atom.